The molecule has 0 unspecified atom stereocenters. The van der Waals surface area contributed by atoms with Crippen molar-refractivity contribution in [2.45, 2.75) is 18.7 Å². The lowest BCUT2D eigenvalue weighted by atomic mass is 10.1. The van der Waals surface area contributed by atoms with E-state index >= 15 is 0 Å². The van der Waals surface area contributed by atoms with Crippen molar-refractivity contribution >= 4 is 21.6 Å². The zero-order valence-corrected chi connectivity index (χ0v) is 15.9. The fraction of sp³-hybridized carbons (Fsp3) is 0.278. The van der Waals surface area contributed by atoms with Crippen LogP contribution in [0.3, 0.4) is 0 Å². The van der Waals surface area contributed by atoms with Crippen molar-refractivity contribution in [2.75, 3.05) is 26.1 Å². The number of methoxy groups -OCH3 is 2. The molecule has 7 nitrogen and oxygen atoms in total. The summed E-state index contributed by atoms with van der Waals surface area (Å²) in [5, 5.41) is 2.61. The Balaban J connectivity index is 2.10. The van der Waals surface area contributed by atoms with Crippen molar-refractivity contribution in [3.63, 3.8) is 0 Å². The molecular formula is C18H22N2O5S. The van der Waals surface area contributed by atoms with E-state index in [1.54, 1.807) is 30.3 Å². The van der Waals surface area contributed by atoms with Gasteiger partial charge in [0.15, 0.2) is 0 Å². The molecule has 0 saturated heterocycles. The van der Waals surface area contributed by atoms with Gasteiger partial charge in [-0.15, -0.1) is 0 Å². The first-order valence-electron chi connectivity index (χ1n) is 7.85. The van der Waals surface area contributed by atoms with Gasteiger partial charge < -0.3 is 14.8 Å². The number of rotatable bonds is 7. The van der Waals surface area contributed by atoms with E-state index in [-0.39, 0.29) is 10.6 Å². The molecule has 0 heterocycles. The van der Waals surface area contributed by atoms with Gasteiger partial charge in [0.1, 0.15) is 16.4 Å². The van der Waals surface area contributed by atoms with Gasteiger partial charge in [-0.05, 0) is 49.2 Å². The van der Waals surface area contributed by atoms with E-state index in [0.717, 1.165) is 11.1 Å². The highest BCUT2D eigenvalue weighted by atomic mass is 32.2. The quantitative estimate of drug-likeness (QED) is 0.771. The van der Waals surface area contributed by atoms with Crippen molar-refractivity contribution in [3.05, 3.63) is 47.5 Å². The average Bonchev–Trinajstić information content (AvgIpc) is 2.62. The van der Waals surface area contributed by atoms with Gasteiger partial charge in [0.2, 0.25) is 15.9 Å². The molecule has 0 aliphatic rings. The molecule has 0 radical (unpaired) electrons. The van der Waals surface area contributed by atoms with Gasteiger partial charge in [-0.3, -0.25) is 4.79 Å². The Morgan fingerprint density at radius 3 is 2.38 bits per heavy atom. The second-order valence-electron chi connectivity index (χ2n) is 5.69. The smallest absolute Gasteiger partial charge is 0.244 e. The Morgan fingerprint density at radius 2 is 1.73 bits per heavy atom. The molecule has 0 aliphatic carbocycles. The first-order chi connectivity index (χ1) is 12.3. The maximum atomic E-state index is 12.5. The molecule has 0 saturated carbocycles. The van der Waals surface area contributed by atoms with E-state index in [1.165, 1.54) is 20.3 Å². The molecule has 0 atom stereocenters. The maximum Gasteiger partial charge on any atom is 0.244 e. The molecule has 2 aromatic carbocycles. The van der Waals surface area contributed by atoms with Crippen molar-refractivity contribution in [1.29, 1.82) is 0 Å². The van der Waals surface area contributed by atoms with E-state index in [0.29, 0.717) is 11.4 Å². The number of benzene rings is 2. The Bertz CT molecular complexity index is 910. The van der Waals surface area contributed by atoms with E-state index in [4.69, 9.17) is 9.47 Å². The van der Waals surface area contributed by atoms with Gasteiger partial charge >= 0.3 is 0 Å². The van der Waals surface area contributed by atoms with E-state index in [1.807, 2.05) is 13.8 Å². The number of ether oxygens (including phenoxy) is 2. The normalized spacial score (nSPS) is 11.1. The summed E-state index contributed by atoms with van der Waals surface area (Å²) in [5.74, 6) is 0.321. The summed E-state index contributed by atoms with van der Waals surface area (Å²) < 4.78 is 37.6. The summed E-state index contributed by atoms with van der Waals surface area (Å²) in [6.07, 6.45) is 0. The van der Waals surface area contributed by atoms with Crippen LogP contribution in [0.1, 0.15) is 11.1 Å². The largest absolute Gasteiger partial charge is 0.497 e. The third kappa shape index (κ3) is 4.74. The van der Waals surface area contributed by atoms with Gasteiger partial charge in [-0.25, -0.2) is 13.1 Å². The van der Waals surface area contributed by atoms with Crippen LogP contribution in [0.25, 0.3) is 0 Å². The molecule has 8 heteroatoms. The van der Waals surface area contributed by atoms with E-state index in [9.17, 15) is 13.2 Å². The molecule has 2 N–H and O–H groups in total. The van der Waals surface area contributed by atoms with Crippen LogP contribution >= 0.6 is 0 Å². The lowest BCUT2D eigenvalue weighted by Gasteiger charge is -2.13. The first-order valence-corrected chi connectivity index (χ1v) is 9.34. The molecule has 0 aromatic heterocycles. The van der Waals surface area contributed by atoms with Crippen LogP contribution in [-0.2, 0) is 14.8 Å². The van der Waals surface area contributed by atoms with Crippen molar-refractivity contribution in [2.24, 2.45) is 0 Å². The summed E-state index contributed by atoms with van der Waals surface area (Å²) in [7, 11) is -0.982. The highest BCUT2D eigenvalue weighted by Crippen LogP contribution is 2.27. The SMILES string of the molecule is COc1cccc(NC(=O)CNS(=O)(=O)c2cc(C)c(C)cc2OC)c1. The predicted molar refractivity (Wildman–Crippen MR) is 99.3 cm³/mol. The Morgan fingerprint density at radius 1 is 1.04 bits per heavy atom. The van der Waals surface area contributed by atoms with Crippen LogP contribution in [0.15, 0.2) is 41.3 Å². The lowest BCUT2D eigenvalue weighted by Crippen LogP contribution is -2.33. The Labute approximate surface area is 153 Å². The molecule has 2 aromatic rings. The minimum absolute atomic E-state index is 0.00252. The van der Waals surface area contributed by atoms with E-state index in [2.05, 4.69) is 10.0 Å². The van der Waals surface area contributed by atoms with E-state index < -0.39 is 22.5 Å². The highest BCUT2D eigenvalue weighted by molar-refractivity contribution is 7.89. The minimum atomic E-state index is -3.90. The molecule has 0 spiro atoms. The number of anilines is 1. The highest BCUT2D eigenvalue weighted by Gasteiger charge is 2.21. The number of aryl methyl sites for hydroxylation is 2. The summed E-state index contributed by atoms with van der Waals surface area (Å²) in [6.45, 7) is 3.27. The molecule has 140 valence electrons. The molecule has 0 bridgehead atoms. The monoisotopic (exact) mass is 378 g/mol. The van der Waals surface area contributed by atoms with Crippen LogP contribution in [0.4, 0.5) is 5.69 Å². The predicted octanol–water partition coefficient (Wildman–Crippen LogP) is 2.24. The fourth-order valence-electron chi connectivity index (χ4n) is 2.28. The first kappa shape index (κ1) is 19.7. The van der Waals surface area contributed by atoms with Gasteiger partial charge in [0.25, 0.3) is 0 Å². The van der Waals surface area contributed by atoms with Crippen LogP contribution in [0.5, 0.6) is 11.5 Å². The molecule has 0 fully saturated rings. The number of sulfonamides is 1. The van der Waals surface area contributed by atoms with Crippen LogP contribution in [0, 0.1) is 13.8 Å². The van der Waals surface area contributed by atoms with Gasteiger partial charge in [0, 0.05) is 11.8 Å². The zero-order chi connectivity index (χ0) is 19.3. The summed E-state index contributed by atoms with van der Waals surface area (Å²) in [4.78, 5) is 12.1. The fourth-order valence-corrected chi connectivity index (χ4v) is 3.49. The minimum Gasteiger partial charge on any atom is -0.497 e. The average molecular weight is 378 g/mol. The Hall–Kier alpha value is -2.58. The summed E-state index contributed by atoms with van der Waals surface area (Å²) in [6, 6.07) is 9.96. The van der Waals surface area contributed by atoms with Gasteiger partial charge in [-0.2, -0.15) is 0 Å². The standard InChI is InChI=1S/C18H22N2O5S/c1-12-8-16(25-4)17(9-13(12)2)26(22,23)19-11-18(21)20-14-6-5-7-15(10-14)24-3/h5-10,19H,11H2,1-4H3,(H,20,21). The van der Waals surface area contributed by atoms with Crippen LogP contribution in [0.2, 0.25) is 0 Å². The maximum absolute atomic E-state index is 12.5. The molecule has 26 heavy (non-hydrogen) atoms. The number of hydrogen-bond acceptors (Lipinski definition) is 5. The molecular weight excluding hydrogens is 356 g/mol. The molecule has 2 rings (SSSR count). The number of hydrogen-bond donors (Lipinski definition) is 2. The van der Waals surface area contributed by atoms with Crippen LogP contribution < -0.4 is 19.5 Å². The number of amides is 1. The number of carbonyl (C=O) groups excluding carboxylic acids is 1. The third-order valence-corrected chi connectivity index (χ3v) is 5.27. The molecule has 1 amide bonds. The van der Waals surface area contributed by atoms with Gasteiger partial charge in [0.05, 0.1) is 20.8 Å². The number of nitrogens with one attached hydrogen (secondary N) is 2. The van der Waals surface area contributed by atoms with Crippen LogP contribution in [-0.4, -0.2) is 35.1 Å². The second kappa shape index (κ2) is 8.20. The summed E-state index contributed by atoms with van der Waals surface area (Å²) >= 11 is 0. The molecule has 0 aliphatic heterocycles. The van der Waals surface area contributed by atoms with Crippen molar-refractivity contribution < 1.29 is 22.7 Å². The number of carbonyl (C=O) groups is 1. The van der Waals surface area contributed by atoms with Crippen molar-refractivity contribution in [1.82, 2.24) is 4.72 Å². The third-order valence-electron chi connectivity index (χ3n) is 3.85. The van der Waals surface area contributed by atoms with Gasteiger partial charge in [-0.1, -0.05) is 6.07 Å². The zero-order valence-electron chi connectivity index (χ0n) is 15.1. The summed E-state index contributed by atoms with van der Waals surface area (Å²) in [5.41, 5.74) is 2.24. The Kier molecular flexibility index (Phi) is 6.23. The lowest BCUT2D eigenvalue weighted by molar-refractivity contribution is -0.115. The van der Waals surface area contributed by atoms with Crippen molar-refractivity contribution in [3.8, 4) is 11.5 Å². The topological polar surface area (TPSA) is 93.7 Å². The second-order valence-corrected chi connectivity index (χ2v) is 7.43.